The molecular formula is C12H11F3N4S2. The molecule has 9 heteroatoms. The van der Waals surface area contributed by atoms with E-state index in [-0.39, 0.29) is 22.4 Å². The number of thiocarbonyl (C=S) groups is 1. The summed E-state index contributed by atoms with van der Waals surface area (Å²) in [5.41, 5.74) is 4.79. The lowest BCUT2D eigenvalue weighted by Gasteiger charge is -2.16. The fraction of sp³-hybridized carbons (Fsp3) is 0.250. The molecule has 0 spiro atoms. The number of alkyl halides is 3. The molecule has 0 bridgehead atoms. The minimum atomic E-state index is -4.53. The second-order valence-corrected chi connectivity index (χ2v) is 5.56. The Morgan fingerprint density at radius 1 is 1.43 bits per heavy atom. The summed E-state index contributed by atoms with van der Waals surface area (Å²) in [6, 6.07) is 1.76. The quantitative estimate of drug-likeness (QED) is 0.841. The predicted octanol–water partition coefficient (Wildman–Crippen LogP) is 3.36. The van der Waals surface area contributed by atoms with Gasteiger partial charge < -0.3 is 11.1 Å². The highest BCUT2D eigenvalue weighted by Crippen LogP contribution is 2.30. The first-order valence-corrected chi connectivity index (χ1v) is 7.12. The minimum absolute atomic E-state index is 0.0000231. The van der Waals surface area contributed by atoms with Crippen molar-refractivity contribution in [3.63, 3.8) is 0 Å². The zero-order valence-corrected chi connectivity index (χ0v) is 12.4. The van der Waals surface area contributed by atoms with Gasteiger partial charge in [-0.25, -0.2) is 9.97 Å². The van der Waals surface area contributed by atoms with Gasteiger partial charge in [-0.3, -0.25) is 0 Å². The maximum Gasteiger partial charge on any atom is 0.433 e. The highest BCUT2D eigenvalue weighted by molar-refractivity contribution is 7.80. The molecule has 0 amide bonds. The molecule has 0 aliphatic heterocycles. The first-order chi connectivity index (χ1) is 9.79. The third kappa shape index (κ3) is 3.67. The number of nitrogens with one attached hydrogen (secondary N) is 1. The maximum absolute atomic E-state index is 12.7. The van der Waals surface area contributed by atoms with Crippen LogP contribution in [0.1, 0.15) is 29.2 Å². The second kappa shape index (κ2) is 5.94. The molecule has 3 N–H and O–H groups in total. The first kappa shape index (κ1) is 15.6. The Balaban J connectivity index is 2.37. The SMILES string of the molecule is CC(Nc1nc(C(F)(F)F)ccc1C(N)=S)c1nccs1. The van der Waals surface area contributed by atoms with E-state index < -0.39 is 11.9 Å². The number of halogens is 3. The summed E-state index contributed by atoms with van der Waals surface area (Å²) in [5.74, 6) is 0.0000231. The van der Waals surface area contributed by atoms with Crippen LogP contribution in [0.4, 0.5) is 19.0 Å². The Morgan fingerprint density at radius 2 is 2.14 bits per heavy atom. The van der Waals surface area contributed by atoms with Gasteiger partial charge in [0, 0.05) is 11.6 Å². The zero-order chi connectivity index (χ0) is 15.6. The number of thiazole rings is 1. The molecule has 0 fully saturated rings. The van der Waals surface area contributed by atoms with Crippen LogP contribution in [0.2, 0.25) is 0 Å². The molecule has 0 radical (unpaired) electrons. The Kier molecular flexibility index (Phi) is 4.43. The molecule has 4 nitrogen and oxygen atoms in total. The van der Waals surface area contributed by atoms with Crippen LogP contribution in [0.3, 0.4) is 0 Å². The molecule has 1 unspecified atom stereocenters. The van der Waals surface area contributed by atoms with Crippen molar-refractivity contribution in [2.24, 2.45) is 5.73 Å². The van der Waals surface area contributed by atoms with Crippen LogP contribution in [0.15, 0.2) is 23.7 Å². The Hall–Kier alpha value is -1.74. The van der Waals surface area contributed by atoms with Crippen LogP contribution in [-0.2, 0) is 6.18 Å². The van der Waals surface area contributed by atoms with Gasteiger partial charge in [-0.05, 0) is 19.1 Å². The van der Waals surface area contributed by atoms with Crippen molar-refractivity contribution in [3.05, 3.63) is 40.0 Å². The standard InChI is InChI=1S/C12H11F3N4S2/c1-6(11-17-4-5-21-11)18-10-7(9(16)20)2-3-8(19-10)12(13,14)15/h2-6H,1H3,(H2,16,20)(H,18,19). The van der Waals surface area contributed by atoms with Crippen molar-refractivity contribution >= 4 is 34.4 Å². The van der Waals surface area contributed by atoms with E-state index in [4.69, 9.17) is 18.0 Å². The molecular weight excluding hydrogens is 321 g/mol. The fourth-order valence-corrected chi connectivity index (χ4v) is 2.45. The number of rotatable bonds is 4. The molecule has 2 aromatic heterocycles. The van der Waals surface area contributed by atoms with E-state index in [1.54, 1.807) is 18.5 Å². The molecule has 1 atom stereocenters. The Labute approximate surface area is 128 Å². The molecule has 112 valence electrons. The van der Waals surface area contributed by atoms with E-state index in [1.807, 2.05) is 0 Å². The lowest BCUT2D eigenvalue weighted by atomic mass is 10.2. The molecule has 0 saturated heterocycles. The van der Waals surface area contributed by atoms with Crippen molar-refractivity contribution in [1.82, 2.24) is 9.97 Å². The van der Waals surface area contributed by atoms with Gasteiger partial charge in [-0.15, -0.1) is 11.3 Å². The number of hydrogen-bond donors (Lipinski definition) is 2. The van der Waals surface area contributed by atoms with E-state index >= 15 is 0 Å². The topological polar surface area (TPSA) is 63.8 Å². The van der Waals surface area contributed by atoms with E-state index in [0.29, 0.717) is 0 Å². The van der Waals surface area contributed by atoms with E-state index in [9.17, 15) is 13.2 Å². The normalized spacial score (nSPS) is 13.0. The third-order valence-corrected chi connectivity index (χ3v) is 3.80. The number of hydrogen-bond acceptors (Lipinski definition) is 5. The monoisotopic (exact) mass is 332 g/mol. The van der Waals surface area contributed by atoms with Crippen molar-refractivity contribution in [2.45, 2.75) is 19.1 Å². The summed E-state index contributed by atoms with van der Waals surface area (Å²) >= 11 is 6.23. The molecule has 0 aromatic carbocycles. The Bertz CT molecular complexity index is 640. The smallest absolute Gasteiger partial charge is 0.389 e. The molecule has 0 aliphatic rings. The number of nitrogens with zero attached hydrogens (tertiary/aromatic N) is 2. The van der Waals surface area contributed by atoms with Gasteiger partial charge in [0.25, 0.3) is 0 Å². The number of aromatic nitrogens is 2. The highest BCUT2D eigenvalue weighted by Gasteiger charge is 2.33. The van der Waals surface area contributed by atoms with E-state index in [0.717, 1.165) is 11.1 Å². The summed E-state index contributed by atoms with van der Waals surface area (Å²) in [5, 5.41) is 5.38. The lowest BCUT2D eigenvalue weighted by molar-refractivity contribution is -0.141. The van der Waals surface area contributed by atoms with E-state index in [2.05, 4.69) is 15.3 Å². The molecule has 0 aliphatic carbocycles. The third-order valence-electron chi connectivity index (χ3n) is 2.63. The predicted molar refractivity (Wildman–Crippen MR) is 79.3 cm³/mol. The van der Waals surface area contributed by atoms with Gasteiger partial charge in [0.15, 0.2) is 0 Å². The average molecular weight is 332 g/mol. The lowest BCUT2D eigenvalue weighted by Crippen LogP contribution is -2.19. The van der Waals surface area contributed by atoms with E-state index in [1.165, 1.54) is 17.4 Å². The van der Waals surface area contributed by atoms with Crippen LogP contribution in [0.5, 0.6) is 0 Å². The highest BCUT2D eigenvalue weighted by atomic mass is 32.1. The second-order valence-electron chi connectivity index (χ2n) is 4.19. The van der Waals surface area contributed by atoms with Crippen LogP contribution in [-0.4, -0.2) is 15.0 Å². The molecule has 2 aromatic rings. The first-order valence-electron chi connectivity index (χ1n) is 5.83. The van der Waals surface area contributed by atoms with Crippen LogP contribution in [0.25, 0.3) is 0 Å². The summed E-state index contributed by atoms with van der Waals surface area (Å²) in [7, 11) is 0. The van der Waals surface area contributed by atoms with Crippen molar-refractivity contribution < 1.29 is 13.2 Å². The van der Waals surface area contributed by atoms with Gasteiger partial charge in [0.1, 0.15) is 21.5 Å². The summed E-state index contributed by atoms with van der Waals surface area (Å²) in [4.78, 5) is 7.67. The minimum Gasteiger partial charge on any atom is -0.389 e. The van der Waals surface area contributed by atoms with Gasteiger partial charge in [-0.1, -0.05) is 12.2 Å². The molecule has 21 heavy (non-hydrogen) atoms. The molecule has 2 heterocycles. The summed E-state index contributed by atoms with van der Waals surface area (Å²) in [6.07, 6.45) is -2.91. The van der Waals surface area contributed by atoms with Crippen molar-refractivity contribution in [1.29, 1.82) is 0 Å². The molecule has 2 rings (SSSR count). The zero-order valence-electron chi connectivity index (χ0n) is 10.8. The number of anilines is 1. The van der Waals surface area contributed by atoms with Crippen molar-refractivity contribution in [3.8, 4) is 0 Å². The van der Waals surface area contributed by atoms with Crippen molar-refractivity contribution in [2.75, 3.05) is 5.32 Å². The van der Waals surface area contributed by atoms with Gasteiger partial charge in [0.2, 0.25) is 0 Å². The van der Waals surface area contributed by atoms with Gasteiger partial charge >= 0.3 is 6.18 Å². The summed E-state index contributed by atoms with van der Waals surface area (Å²) in [6.45, 7) is 1.77. The van der Waals surface area contributed by atoms with Crippen LogP contribution < -0.4 is 11.1 Å². The fourth-order valence-electron chi connectivity index (χ4n) is 1.64. The largest absolute Gasteiger partial charge is 0.433 e. The summed E-state index contributed by atoms with van der Waals surface area (Å²) < 4.78 is 38.2. The Morgan fingerprint density at radius 3 is 2.67 bits per heavy atom. The van der Waals surface area contributed by atoms with Crippen LogP contribution in [0, 0.1) is 0 Å². The van der Waals surface area contributed by atoms with Gasteiger partial charge in [-0.2, -0.15) is 13.2 Å². The number of nitrogens with two attached hydrogens (primary N) is 1. The van der Waals surface area contributed by atoms with Gasteiger partial charge in [0.05, 0.1) is 11.6 Å². The average Bonchev–Trinajstić information content (AvgIpc) is 2.91. The van der Waals surface area contributed by atoms with Crippen LogP contribution >= 0.6 is 23.6 Å². The maximum atomic E-state index is 12.7. The molecule has 0 saturated carbocycles. The number of pyridine rings is 1.